The number of halogens is 2. The normalized spacial score (nSPS) is 8.33. The van der Waals surface area contributed by atoms with Crippen LogP contribution in [-0.4, -0.2) is 4.98 Å². The third-order valence-electron chi connectivity index (χ3n) is 1.27. The molecule has 1 aromatic heterocycles. The van der Waals surface area contributed by atoms with Crippen molar-refractivity contribution >= 4 is 18.8 Å². The molecule has 1 heterocycles. The Bertz CT molecular complexity index is 295. The number of aromatic amines is 1. The van der Waals surface area contributed by atoms with Crippen LogP contribution in [0.2, 0.25) is 0 Å². The summed E-state index contributed by atoms with van der Waals surface area (Å²) in [4.78, 5) is 3.04. The van der Waals surface area contributed by atoms with E-state index in [1.807, 2.05) is 12.1 Å². The molecule has 5 heteroatoms. The molecule has 1 nitrogen and oxygen atoms in total. The van der Waals surface area contributed by atoms with Crippen molar-refractivity contribution in [1.29, 1.82) is 0 Å². The maximum Gasteiger partial charge on any atom is 3.00 e. The molecule has 0 aliphatic rings. The number of para-hydroxylation sites is 1. The van der Waals surface area contributed by atoms with Crippen molar-refractivity contribution in [2.45, 2.75) is 0 Å². The fourth-order valence-electron chi connectivity index (χ4n) is 0.825. The number of H-pyrrole nitrogens is 1. The first-order valence-electron chi connectivity index (χ1n) is 2.77. The molecule has 0 aliphatic carbocycles. The summed E-state index contributed by atoms with van der Waals surface area (Å²) in [7, 11) is 1.16. The Kier molecular flexibility index (Phi) is 8.95. The van der Waals surface area contributed by atoms with Crippen LogP contribution in [0.1, 0.15) is 0 Å². The minimum absolute atomic E-state index is 0. The van der Waals surface area contributed by atoms with Gasteiger partial charge in [0.2, 0.25) is 0 Å². The summed E-state index contributed by atoms with van der Waals surface area (Å²) in [5, 5.41) is 1.32. The van der Waals surface area contributed by atoms with Gasteiger partial charge in [0.15, 0.2) is 0 Å². The molecule has 1 aromatic carbocycles. The number of hydrogen-bond acceptors (Lipinski definition) is 0. The molecule has 2 aromatic rings. The molecule has 0 unspecified atom stereocenters. The second-order valence-electron chi connectivity index (χ2n) is 1.87. The molecule has 1 radical (unpaired) electrons. The van der Waals surface area contributed by atoms with Crippen LogP contribution in [0.3, 0.4) is 0 Å². The van der Waals surface area contributed by atoms with Gasteiger partial charge in [-0.25, -0.2) is 8.19 Å². The van der Waals surface area contributed by atoms with Crippen LogP contribution >= 0.6 is 8.19 Å². The molecular weight excluding hydrogens is 291 g/mol. The van der Waals surface area contributed by atoms with E-state index in [0.29, 0.717) is 0 Å². The number of nitrogens with one attached hydrogen (secondary N) is 1. The van der Waals surface area contributed by atoms with E-state index in [1.54, 1.807) is 0 Å². The first-order chi connectivity index (χ1) is 4.47. The Hall–Kier alpha value is 0.653. The first-order valence-corrected chi connectivity index (χ1v) is 3.67. The van der Waals surface area contributed by atoms with Crippen molar-refractivity contribution in [2.75, 3.05) is 0 Å². The molecule has 0 fully saturated rings. The van der Waals surface area contributed by atoms with Gasteiger partial charge >= 0.3 is 26.2 Å². The first kappa shape index (κ1) is 15.1. The van der Waals surface area contributed by atoms with E-state index in [1.165, 1.54) is 10.6 Å². The zero-order valence-electron chi connectivity index (χ0n) is 6.01. The smallest absolute Gasteiger partial charge is 1.00 e. The Morgan fingerprint density at radius 2 is 1.83 bits per heavy atom. The van der Waals surface area contributed by atoms with E-state index in [0.717, 1.165) is 8.19 Å². The Labute approximate surface area is 104 Å². The zero-order chi connectivity index (χ0) is 6.10. The SMILES string of the molecule is [Cl-].[Cl-].[Zr+3].[c-]1[nH]c2ccccc2p1. The van der Waals surface area contributed by atoms with Gasteiger partial charge in [0.25, 0.3) is 0 Å². The third-order valence-corrected chi connectivity index (χ3v) is 2.13. The molecule has 0 bridgehead atoms. The fraction of sp³-hybridized carbons (Fsp3) is 0. The standard InChI is InChI=1S/C7H5NP.2ClH.Zr/c1-2-4-7-6(3-1)8-5-9-7;;;/h1-4,8H;2*1H;/q-1;;;+3/p-2. The van der Waals surface area contributed by atoms with E-state index in [2.05, 4.69) is 23.0 Å². The summed E-state index contributed by atoms with van der Waals surface area (Å²) >= 11 is 0. The molecule has 0 aliphatic heterocycles. The van der Waals surface area contributed by atoms with Gasteiger partial charge in [0.1, 0.15) is 0 Å². The van der Waals surface area contributed by atoms with Gasteiger partial charge < -0.3 is 29.8 Å². The van der Waals surface area contributed by atoms with Crippen LogP contribution in [0.15, 0.2) is 24.3 Å². The average molecular weight is 296 g/mol. The van der Waals surface area contributed by atoms with Crippen molar-refractivity contribution in [3.05, 3.63) is 30.2 Å². The van der Waals surface area contributed by atoms with Crippen LogP contribution in [0.5, 0.6) is 0 Å². The van der Waals surface area contributed by atoms with Gasteiger partial charge in [-0.1, -0.05) is 18.1 Å². The van der Waals surface area contributed by atoms with Gasteiger partial charge in [0, 0.05) is 0 Å². The summed E-state index contributed by atoms with van der Waals surface area (Å²) in [6.45, 7) is 0. The van der Waals surface area contributed by atoms with Crippen LogP contribution in [0, 0.1) is 5.93 Å². The van der Waals surface area contributed by atoms with Gasteiger partial charge in [-0.2, -0.15) is 0 Å². The van der Waals surface area contributed by atoms with E-state index < -0.39 is 0 Å². The Morgan fingerprint density at radius 3 is 2.50 bits per heavy atom. The van der Waals surface area contributed by atoms with Crippen molar-refractivity contribution in [3.63, 3.8) is 0 Å². The van der Waals surface area contributed by atoms with Crippen molar-refractivity contribution in [2.24, 2.45) is 0 Å². The van der Waals surface area contributed by atoms with Crippen LogP contribution in [0.25, 0.3) is 10.6 Å². The molecule has 1 N–H and O–H groups in total. The summed E-state index contributed by atoms with van der Waals surface area (Å²) in [6.07, 6.45) is 0. The van der Waals surface area contributed by atoms with E-state index in [-0.39, 0.29) is 51.0 Å². The largest absolute Gasteiger partial charge is 3.00 e. The molecule has 0 saturated carbocycles. The second-order valence-corrected chi connectivity index (χ2v) is 2.79. The summed E-state index contributed by atoms with van der Waals surface area (Å²) in [5.41, 5.74) is 1.19. The number of benzene rings is 1. The minimum Gasteiger partial charge on any atom is -1.00 e. The summed E-state index contributed by atoms with van der Waals surface area (Å²) < 4.78 is 0. The summed E-state index contributed by atoms with van der Waals surface area (Å²) in [5.74, 6) is 3.01. The van der Waals surface area contributed by atoms with E-state index in [4.69, 9.17) is 0 Å². The number of fused-ring (bicyclic) bond motifs is 1. The predicted molar refractivity (Wildman–Crippen MR) is 39.6 cm³/mol. The maximum atomic E-state index is 3.04. The van der Waals surface area contributed by atoms with Crippen LogP contribution < -0.4 is 24.8 Å². The van der Waals surface area contributed by atoms with Gasteiger partial charge in [-0.3, -0.25) is 0 Å². The third kappa shape index (κ3) is 3.19. The van der Waals surface area contributed by atoms with Crippen molar-refractivity contribution in [1.82, 2.24) is 4.98 Å². The molecule has 12 heavy (non-hydrogen) atoms. The molecular formula is C7H5Cl2NPZr. The van der Waals surface area contributed by atoms with E-state index >= 15 is 0 Å². The molecule has 2 rings (SSSR count). The Morgan fingerprint density at radius 1 is 1.17 bits per heavy atom. The average Bonchev–Trinajstić information content (AvgIpc) is 2.33. The number of aromatic nitrogens is 1. The minimum atomic E-state index is 0. The van der Waals surface area contributed by atoms with Gasteiger partial charge in [-0.05, 0) is 0 Å². The Balaban J connectivity index is 0. The molecule has 0 saturated heterocycles. The maximum absolute atomic E-state index is 3.04. The van der Waals surface area contributed by atoms with Crippen LogP contribution in [-0.2, 0) is 26.2 Å². The molecule has 0 amide bonds. The van der Waals surface area contributed by atoms with E-state index in [9.17, 15) is 0 Å². The topological polar surface area (TPSA) is 15.8 Å². The van der Waals surface area contributed by atoms with Crippen molar-refractivity contribution in [3.8, 4) is 0 Å². The second kappa shape index (κ2) is 7.09. The van der Waals surface area contributed by atoms with Crippen LogP contribution in [0.4, 0.5) is 0 Å². The molecule has 0 spiro atoms. The zero-order valence-corrected chi connectivity index (χ0v) is 10.9. The molecule has 0 atom stereocenters. The number of hydrogen-bond donors (Lipinski definition) is 1. The monoisotopic (exact) mass is 294 g/mol. The quantitative estimate of drug-likeness (QED) is 0.487. The fourth-order valence-corrected chi connectivity index (χ4v) is 1.53. The van der Waals surface area contributed by atoms with Gasteiger partial charge in [0.05, 0.1) is 0 Å². The number of rotatable bonds is 0. The predicted octanol–water partition coefficient (Wildman–Crippen LogP) is -3.45. The van der Waals surface area contributed by atoms with Gasteiger partial charge in [-0.15, -0.1) is 22.8 Å². The summed E-state index contributed by atoms with van der Waals surface area (Å²) in [6, 6.07) is 8.22. The molecule has 61 valence electrons. The van der Waals surface area contributed by atoms with Crippen molar-refractivity contribution < 1.29 is 51.0 Å².